The average molecular weight is 349 g/mol. The quantitative estimate of drug-likeness (QED) is 0.708. The molecule has 4 rings (SSSR count). The highest BCUT2D eigenvalue weighted by molar-refractivity contribution is 5.94. The highest BCUT2D eigenvalue weighted by Gasteiger charge is 2.37. The van der Waals surface area contributed by atoms with Gasteiger partial charge in [-0.25, -0.2) is 0 Å². The van der Waals surface area contributed by atoms with Crippen molar-refractivity contribution in [2.24, 2.45) is 5.92 Å². The van der Waals surface area contributed by atoms with Crippen LogP contribution in [0.15, 0.2) is 72.1 Å². The molecule has 1 saturated heterocycles. The maximum absolute atomic E-state index is 12.7. The van der Waals surface area contributed by atoms with Crippen molar-refractivity contribution in [3.63, 3.8) is 0 Å². The van der Waals surface area contributed by atoms with E-state index in [4.69, 9.17) is 9.15 Å². The molecular weight excluding hydrogens is 330 g/mol. The van der Waals surface area contributed by atoms with Crippen LogP contribution in [0.2, 0.25) is 0 Å². The molecule has 0 unspecified atom stereocenters. The molecule has 0 bridgehead atoms. The van der Waals surface area contributed by atoms with Gasteiger partial charge in [0.05, 0.1) is 24.6 Å². The predicted molar refractivity (Wildman–Crippen MR) is 94.8 cm³/mol. The molecule has 6 heteroatoms. The number of rotatable bonds is 5. The number of hydrogen-bond donors (Lipinski definition) is 0. The molecule has 1 aliphatic rings. The molecule has 0 spiro atoms. The lowest BCUT2D eigenvalue weighted by Crippen LogP contribution is -2.29. The number of ether oxygens (including phenoxy) is 1. The summed E-state index contributed by atoms with van der Waals surface area (Å²) in [6.45, 7) is 1.81. The first kappa shape index (κ1) is 16.3. The molecule has 0 saturated carbocycles. The number of furan rings is 1. The molecule has 1 amide bonds. The number of hydrogen-bond acceptors (Lipinski definition) is 5. The molecule has 3 aromatic heterocycles. The first-order chi connectivity index (χ1) is 12.8. The van der Waals surface area contributed by atoms with Gasteiger partial charge >= 0.3 is 0 Å². The minimum Gasteiger partial charge on any atom is -0.492 e. The fraction of sp³-hybridized carbons (Fsp3) is 0.250. The first-order valence-corrected chi connectivity index (χ1v) is 8.55. The Balaban J connectivity index is 1.52. The fourth-order valence-corrected chi connectivity index (χ4v) is 3.40. The monoisotopic (exact) mass is 349 g/mol. The summed E-state index contributed by atoms with van der Waals surface area (Å²) in [6.07, 6.45) is 10.00. The van der Waals surface area contributed by atoms with Gasteiger partial charge in [0.25, 0.3) is 5.91 Å². The smallest absolute Gasteiger partial charge is 0.257 e. The van der Waals surface area contributed by atoms with E-state index in [1.807, 2.05) is 29.2 Å². The van der Waals surface area contributed by atoms with E-state index in [0.717, 1.165) is 5.75 Å². The summed E-state index contributed by atoms with van der Waals surface area (Å²) < 4.78 is 11.0. The molecule has 0 N–H and O–H groups in total. The van der Waals surface area contributed by atoms with Crippen molar-refractivity contribution >= 4 is 5.91 Å². The second-order valence-corrected chi connectivity index (χ2v) is 6.37. The largest absolute Gasteiger partial charge is 0.492 e. The Bertz CT molecular complexity index is 837. The molecule has 1 fully saturated rings. The fourth-order valence-electron chi connectivity index (χ4n) is 3.40. The second kappa shape index (κ2) is 7.39. The Kier molecular flexibility index (Phi) is 4.64. The van der Waals surface area contributed by atoms with Crippen molar-refractivity contribution in [1.82, 2.24) is 14.9 Å². The number of carbonyl (C=O) groups excluding carboxylic acids is 1. The van der Waals surface area contributed by atoms with Gasteiger partial charge < -0.3 is 14.1 Å². The lowest BCUT2D eigenvalue weighted by molar-refractivity contribution is 0.0781. The number of nitrogens with zero attached hydrogens (tertiary/aromatic N) is 3. The summed E-state index contributed by atoms with van der Waals surface area (Å²) in [5, 5.41) is 0. The molecule has 1 aliphatic heterocycles. The normalized spacial score (nSPS) is 19.5. The molecule has 0 radical (unpaired) electrons. The number of likely N-dealkylation sites (tertiary alicyclic amines) is 1. The van der Waals surface area contributed by atoms with Crippen LogP contribution < -0.4 is 4.74 Å². The van der Waals surface area contributed by atoms with E-state index in [1.54, 1.807) is 30.9 Å². The Hall–Kier alpha value is -3.15. The predicted octanol–water partition coefficient (Wildman–Crippen LogP) is 3.00. The van der Waals surface area contributed by atoms with Gasteiger partial charge in [-0.1, -0.05) is 0 Å². The van der Waals surface area contributed by atoms with Crippen LogP contribution in [0.5, 0.6) is 5.75 Å². The SMILES string of the molecule is O=C(c1ccoc1)N1C[C@@H](COc2cccnc2)[C@H](c2ccncc2)C1. The topological polar surface area (TPSA) is 68.5 Å². The van der Waals surface area contributed by atoms with Gasteiger partial charge in [-0.05, 0) is 35.9 Å². The summed E-state index contributed by atoms with van der Waals surface area (Å²) in [5.41, 5.74) is 1.74. The molecule has 26 heavy (non-hydrogen) atoms. The van der Waals surface area contributed by atoms with Gasteiger partial charge in [0.2, 0.25) is 0 Å². The Labute approximate surface area is 151 Å². The Morgan fingerprint density at radius 2 is 2.04 bits per heavy atom. The maximum Gasteiger partial charge on any atom is 0.257 e. The Morgan fingerprint density at radius 1 is 1.15 bits per heavy atom. The highest BCUT2D eigenvalue weighted by atomic mass is 16.5. The molecule has 3 aromatic rings. The number of aromatic nitrogens is 2. The first-order valence-electron chi connectivity index (χ1n) is 8.55. The van der Waals surface area contributed by atoms with Crippen molar-refractivity contribution in [3.8, 4) is 5.75 Å². The van der Waals surface area contributed by atoms with Crippen molar-refractivity contribution in [3.05, 3.63) is 78.8 Å². The average Bonchev–Trinajstić information content (AvgIpc) is 3.37. The van der Waals surface area contributed by atoms with Gasteiger partial charge in [0.15, 0.2) is 0 Å². The third kappa shape index (κ3) is 3.44. The standard InChI is InChI=1S/C20H19N3O3/c24-20(16-5-9-25-13-16)23-11-17(14-26-18-2-1-6-22-10-18)19(12-23)15-3-7-21-8-4-15/h1-10,13,17,19H,11-12,14H2/t17-,19-/m0/s1. The van der Waals surface area contributed by atoms with Crippen molar-refractivity contribution < 1.29 is 13.9 Å². The van der Waals surface area contributed by atoms with Crippen LogP contribution in [-0.2, 0) is 0 Å². The molecule has 0 aromatic carbocycles. The van der Waals surface area contributed by atoms with E-state index in [2.05, 4.69) is 9.97 Å². The number of amides is 1. The minimum atomic E-state index is -0.0123. The maximum atomic E-state index is 12.7. The zero-order valence-electron chi connectivity index (χ0n) is 14.2. The van der Waals surface area contributed by atoms with E-state index in [-0.39, 0.29) is 17.7 Å². The molecule has 0 aliphatic carbocycles. The van der Waals surface area contributed by atoms with Crippen molar-refractivity contribution in [2.45, 2.75) is 5.92 Å². The molecule has 6 nitrogen and oxygen atoms in total. The van der Waals surface area contributed by atoms with Crippen LogP contribution in [0.4, 0.5) is 0 Å². The van der Waals surface area contributed by atoms with Crippen LogP contribution >= 0.6 is 0 Å². The summed E-state index contributed by atoms with van der Waals surface area (Å²) in [4.78, 5) is 22.7. The Morgan fingerprint density at radius 3 is 2.77 bits per heavy atom. The van der Waals surface area contributed by atoms with Crippen molar-refractivity contribution in [2.75, 3.05) is 19.7 Å². The highest BCUT2D eigenvalue weighted by Crippen LogP contribution is 2.33. The van der Waals surface area contributed by atoms with Gasteiger partial charge in [0, 0.05) is 43.5 Å². The van der Waals surface area contributed by atoms with Gasteiger partial charge in [0.1, 0.15) is 12.0 Å². The van der Waals surface area contributed by atoms with E-state index in [9.17, 15) is 4.79 Å². The zero-order chi connectivity index (χ0) is 17.8. The summed E-state index contributed by atoms with van der Waals surface area (Å²) in [5.74, 6) is 1.11. The van der Waals surface area contributed by atoms with E-state index in [0.29, 0.717) is 25.3 Å². The lowest BCUT2D eigenvalue weighted by Gasteiger charge is -2.18. The van der Waals surface area contributed by atoms with E-state index < -0.39 is 0 Å². The van der Waals surface area contributed by atoms with Crippen LogP contribution in [0.25, 0.3) is 0 Å². The van der Waals surface area contributed by atoms with Crippen LogP contribution in [0.3, 0.4) is 0 Å². The van der Waals surface area contributed by atoms with E-state index >= 15 is 0 Å². The van der Waals surface area contributed by atoms with Gasteiger partial charge in [-0.3, -0.25) is 14.8 Å². The van der Waals surface area contributed by atoms with Gasteiger partial charge in [-0.15, -0.1) is 0 Å². The summed E-state index contributed by atoms with van der Waals surface area (Å²) >= 11 is 0. The van der Waals surface area contributed by atoms with Crippen molar-refractivity contribution in [1.29, 1.82) is 0 Å². The van der Waals surface area contributed by atoms with Crippen LogP contribution in [0, 0.1) is 5.92 Å². The summed E-state index contributed by atoms with van der Waals surface area (Å²) in [7, 11) is 0. The lowest BCUT2D eigenvalue weighted by atomic mass is 9.90. The zero-order valence-corrected chi connectivity index (χ0v) is 14.2. The van der Waals surface area contributed by atoms with E-state index in [1.165, 1.54) is 18.1 Å². The third-order valence-corrected chi connectivity index (χ3v) is 4.73. The number of pyridine rings is 2. The molecule has 4 heterocycles. The number of carbonyl (C=O) groups is 1. The van der Waals surface area contributed by atoms with Crippen LogP contribution in [-0.4, -0.2) is 40.5 Å². The van der Waals surface area contributed by atoms with Crippen LogP contribution in [0.1, 0.15) is 21.8 Å². The molecule has 132 valence electrons. The molecular formula is C20H19N3O3. The molecule has 2 atom stereocenters. The second-order valence-electron chi connectivity index (χ2n) is 6.37. The summed E-state index contributed by atoms with van der Waals surface area (Å²) in [6, 6.07) is 9.45. The third-order valence-electron chi connectivity index (χ3n) is 4.73. The van der Waals surface area contributed by atoms with Gasteiger partial charge in [-0.2, -0.15) is 0 Å². The minimum absolute atomic E-state index is 0.0123.